The molecule has 0 bridgehead atoms. The van der Waals surface area contributed by atoms with Gasteiger partial charge >= 0.3 is 0 Å². The second kappa shape index (κ2) is 6.38. The lowest BCUT2D eigenvalue weighted by Crippen LogP contribution is -2.09. The first-order valence-electron chi connectivity index (χ1n) is 6.51. The van der Waals surface area contributed by atoms with Gasteiger partial charge in [-0.05, 0) is 24.6 Å². The maximum absolute atomic E-state index is 5.96. The molecule has 0 radical (unpaired) electrons. The number of hydrogen-bond acceptors (Lipinski definition) is 6. The second-order valence-electron chi connectivity index (χ2n) is 4.42. The lowest BCUT2D eigenvalue weighted by molar-refractivity contribution is 0.348. The highest BCUT2D eigenvalue weighted by Gasteiger charge is 2.16. The Bertz CT molecular complexity index is 569. The van der Waals surface area contributed by atoms with E-state index in [0.717, 1.165) is 18.4 Å². The van der Waals surface area contributed by atoms with Gasteiger partial charge in [0, 0.05) is 5.56 Å². The first-order valence-corrected chi connectivity index (χ1v) is 6.51. The molecule has 20 heavy (non-hydrogen) atoms. The lowest BCUT2D eigenvalue weighted by atomic mass is 10.1. The third-order valence-electron chi connectivity index (χ3n) is 3.00. The van der Waals surface area contributed by atoms with E-state index in [1.165, 1.54) is 0 Å². The Kier molecular flexibility index (Phi) is 4.57. The van der Waals surface area contributed by atoms with Gasteiger partial charge in [-0.3, -0.25) is 0 Å². The summed E-state index contributed by atoms with van der Waals surface area (Å²) in [5.74, 6) is 2.22. The molecule has 108 valence electrons. The van der Waals surface area contributed by atoms with Gasteiger partial charge in [-0.25, -0.2) is 0 Å². The fraction of sp³-hybridized carbons (Fsp3) is 0.429. The quantitative estimate of drug-likeness (QED) is 0.873. The van der Waals surface area contributed by atoms with Crippen LogP contribution in [0.5, 0.6) is 11.5 Å². The molecule has 1 heterocycles. The van der Waals surface area contributed by atoms with Crippen molar-refractivity contribution in [1.29, 1.82) is 0 Å². The highest BCUT2D eigenvalue weighted by Crippen LogP contribution is 2.31. The van der Waals surface area contributed by atoms with Crippen LogP contribution in [0.2, 0.25) is 0 Å². The van der Waals surface area contributed by atoms with Crippen LogP contribution in [0.4, 0.5) is 0 Å². The van der Waals surface area contributed by atoms with Gasteiger partial charge in [0.2, 0.25) is 11.7 Å². The Morgan fingerprint density at radius 3 is 2.65 bits per heavy atom. The summed E-state index contributed by atoms with van der Waals surface area (Å²) in [5.41, 5.74) is 6.75. The van der Waals surface area contributed by atoms with Crippen LogP contribution in [0, 0.1) is 0 Å². The lowest BCUT2D eigenvalue weighted by Gasteiger charge is -2.07. The first kappa shape index (κ1) is 14.3. The van der Waals surface area contributed by atoms with Gasteiger partial charge in [0.05, 0.1) is 20.3 Å². The Hall–Kier alpha value is -2.08. The van der Waals surface area contributed by atoms with Crippen molar-refractivity contribution >= 4 is 0 Å². The summed E-state index contributed by atoms with van der Waals surface area (Å²) in [6, 6.07) is 5.23. The van der Waals surface area contributed by atoms with Crippen LogP contribution in [0.25, 0.3) is 11.4 Å². The van der Waals surface area contributed by atoms with Gasteiger partial charge in [-0.15, -0.1) is 0 Å². The van der Waals surface area contributed by atoms with Crippen molar-refractivity contribution in [2.24, 2.45) is 5.73 Å². The molecular formula is C14H19N3O3. The second-order valence-corrected chi connectivity index (χ2v) is 4.42. The zero-order valence-corrected chi connectivity index (χ0v) is 11.9. The van der Waals surface area contributed by atoms with Crippen molar-refractivity contribution in [2.75, 3.05) is 14.2 Å². The molecule has 2 rings (SSSR count). The number of nitrogens with two attached hydrogens (primary N) is 1. The topological polar surface area (TPSA) is 83.4 Å². The van der Waals surface area contributed by atoms with E-state index < -0.39 is 0 Å². The van der Waals surface area contributed by atoms with E-state index in [4.69, 9.17) is 19.7 Å². The van der Waals surface area contributed by atoms with Crippen LogP contribution in [0.15, 0.2) is 22.7 Å². The summed E-state index contributed by atoms with van der Waals surface area (Å²) in [7, 11) is 3.17. The van der Waals surface area contributed by atoms with Crippen molar-refractivity contribution in [1.82, 2.24) is 10.1 Å². The van der Waals surface area contributed by atoms with E-state index in [1.54, 1.807) is 26.4 Å². The smallest absolute Gasteiger partial charge is 0.243 e. The van der Waals surface area contributed by atoms with Crippen LogP contribution in [0.3, 0.4) is 0 Å². The standard InChI is InChI=1S/C14H19N3O3/c1-4-5-10(15)14-16-13(17-20-14)9-6-7-11(18-2)12(8-9)19-3/h6-8,10H,4-5,15H2,1-3H3/t10-/m1/s1. The van der Waals surface area contributed by atoms with Crippen molar-refractivity contribution in [3.63, 3.8) is 0 Å². The molecule has 6 nitrogen and oxygen atoms in total. The molecule has 0 saturated carbocycles. The van der Waals surface area contributed by atoms with Crippen LogP contribution < -0.4 is 15.2 Å². The molecular weight excluding hydrogens is 258 g/mol. The molecule has 0 aliphatic carbocycles. The van der Waals surface area contributed by atoms with Gasteiger partial charge in [0.15, 0.2) is 11.5 Å². The molecule has 0 aliphatic rings. The van der Waals surface area contributed by atoms with Crippen LogP contribution in [0.1, 0.15) is 31.7 Å². The maximum atomic E-state index is 5.96. The van der Waals surface area contributed by atoms with Crippen molar-refractivity contribution < 1.29 is 14.0 Å². The third-order valence-corrected chi connectivity index (χ3v) is 3.00. The molecule has 0 saturated heterocycles. The number of rotatable bonds is 6. The molecule has 0 aliphatic heterocycles. The predicted molar refractivity (Wildman–Crippen MR) is 74.7 cm³/mol. The van der Waals surface area contributed by atoms with E-state index in [0.29, 0.717) is 23.2 Å². The SMILES string of the molecule is CCC[C@@H](N)c1nc(-c2ccc(OC)c(OC)c2)no1. The minimum absolute atomic E-state index is 0.221. The van der Waals surface area contributed by atoms with E-state index in [-0.39, 0.29) is 6.04 Å². The number of methoxy groups -OCH3 is 2. The maximum Gasteiger partial charge on any atom is 0.243 e. The molecule has 1 aromatic heterocycles. The van der Waals surface area contributed by atoms with E-state index in [9.17, 15) is 0 Å². The molecule has 0 fully saturated rings. The molecule has 2 aromatic rings. The summed E-state index contributed by atoms with van der Waals surface area (Å²) < 4.78 is 15.7. The Balaban J connectivity index is 2.28. The van der Waals surface area contributed by atoms with Crippen LogP contribution in [-0.4, -0.2) is 24.4 Å². The first-order chi connectivity index (χ1) is 9.69. The predicted octanol–water partition coefficient (Wildman–Crippen LogP) is 2.55. The molecule has 2 N–H and O–H groups in total. The fourth-order valence-electron chi connectivity index (χ4n) is 1.91. The largest absolute Gasteiger partial charge is 0.493 e. The zero-order valence-electron chi connectivity index (χ0n) is 11.9. The average molecular weight is 277 g/mol. The Morgan fingerprint density at radius 1 is 1.25 bits per heavy atom. The van der Waals surface area contributed by atoms with E-state index in [2.05, 4.69) is 17.1 Å². The number of aromatic nitrogens is 2. The number of hydrogen-bond donors (Lipinski definition) is 1. The summed E-state index contributed by atoms with van der Waals surface area (Å²) >= 11 is 0. The molecule has 0 unspecified atom stereocenters. The summed E-state index contributed by atoms with van der Waals surface area (Å²) in [6.45, 7) is 2.06. The number of benzene rings is 1. The molecule has 1 aromatic carbocycles. The normalized spacial score (nSPS) is 12.2. The highest BCUT2D eigenvalue weighted by atomic mass is 16.5. The van der Waals surface area contributed by atoms with Crippen LogP contribution in [-0.2, 0) is 0 Å². The van der Waals surface area contributed by atoms with Gasteiger partial charge < -0.3 is 19.7 Å². The summed E-state index contributed by atoms with van der Waals surface area (Å²) in [6.07, 6.45) is 1.78. The monoisotopic (exact) mass is 277 g/mol. The average Bonchev–Trinajstić information content (AvgIpc) is 2.96. The third kappa shape index (κ3) is 2.91. The number of ether oxygens (including phenoxy) is 2. The minimum atomic E-state index is -0.221. The van der Waals surface area contributed by atoms with E-state index >= 15 is 0 Å². The Morgan fingerprint density at radius 2 is 2.00 bits per heavy atom. The summed E-state index contributed by atoms with van der Waals surface area (Å²) in [4.78, 5) is 4.33. The van der Waals surface area contributed by atoms with Crippen molar-refractivity contribution in [3.8, 4) is 22.9 Å². The molecule has 0 spiro atoms. The molecule has 6 heteroatoms. The minimum Gasteiger partial charge on any atom is -0.493 e. The molecule has 0 amide bonds. The fourth-order valence-corrected chi connectivity index (χ4v) is 1.91. The van der Waals surface area contributed by atoms with Crippen molar-refractivity contribution in [2.45, 2.75) is 25.8 Å². The van der Waals surface area contributed by atoms with E-state index in [1.807, 2.05) is 6.07 Å². The van der Waals surface area contributed by atoms with Crippen molar-refractivity contribution in [3.05, 3.63) is 24.1 Å². The van der Waals surface area contributed by atoms with Crippen LogP contribution >= 0.6 is 0 Å². The van der Waals surface area contributed by atoms with Gasteiger partial charge in [-0.2, -0.15) is 4.98 Å². The Labute approximate surface area is 117 Å². The van der Waals surface area contributed by atoms with Gasteiger partial charge in [0.25, 0.3) is 0 Å². The zero-order chi connectivity index (χ0) is 14.5. The number of nitrogens with zero attached hydrogens (tertiary/aromatic N) is 2. The van der Waals surface area contributed by atoms with Gasteiger partial charge in [0.1, 0.15) is 0 Å². The van der Waals surface area contributed by atoms with Gasteiger partial charge in [-0.1, -0.05) is 18.5 Å². The molecule has 1 atom stereocenters. The summed E-state index contributed by atoms with van der Waals surface area (Å²) in [5, 5.41) is 3.96. The highest BCUT2D eigenvalue weighted by molar-refractivity contribution is 5.60.